The lowest BCUT2D eigenvalue weighted by atomic mass is 10.1. The normalized spacial score (nSPS) is 11.3. The quantitative estimate of drug-likeness (QED) is 0.0533. The smallest absolute Gasteiger partial charge is 0.0786 e. The van der Waals surface area contributed by atoms with E-state index in [1.165, 1.54) is 246 Å². The monoisotopic (exact) mass is 968 g/mol. The van der Waals surface area contributed by atoms with E-state index < -0.39 is 0 Å². The molecule has 0 atom stereocenters. The summed E-state index contributed by atoms with van der Waals surface area (Å²) < 4.78 is 4.26. The van der Waals surface area contributed by atoms with Crippen LogP contribution in [0.15, 0.2) is 0 Å². The van der Waals surface area contributed by atoms with Gasteiger partial charge in [-0.1, -0.05) is 160 Å². The maximum atomic E-state index is 2.33. The van der Waals surface area contributed by atoms with Crippen LogP contribution in [0.25, 0.3) is 0 Å². The van der Waals surface area contributed by atoms with Crippen molar-refractivity contribution in [2.45, 2.75) is 237 Å². The van der Waals surface area contributed by atoms with Crippen LogP contribution >= 0.6 is 0 Å². The van der Waals surface area contributed by atoms with Gasteiger partial charge in [0.05, 0.1) is 78.5 Å². The second kappa shape index (κ2) is 50.5. The third-order valence-electron chi connectivity index (χ3n) is 11.8. The molecule has 0 rings (SSSR count). The SMILES string of the molecule is CCCC[N+](CCCC)(CCCC)CCCC.CCCC[N+](CCCC)(CCCC)CCCC.CCCC[N+](CCCC)(CCCC)CCCC.[Br-].[Cl-].[I-]. The highest BCUT2D eigenvalue weighted by atomic mass is 127. The first kappa shape index (κ1) is 67.2. The molecule has 0 aromatic carbocycles. The fourth-order valence-corrected chi connectivity index (χ4v) is 7.93. The van der Waals surface area contributed by atoms with Gasteiger partial charge < -0.3 is 66.8 Å². The molecule has 0 saturated carbocycles. The van der Waals surface area contributed by atoms with Gasteiger partial charge in [-0.25, -0.2) is 0 Å². The number of nitrogens with zero attached hydrogens (tertiary/aromatic N) is 3. The first-order valence-corrected chi connectivity index (χ1v) is 24.3. The Labute approximate surface area is 380 Å². The summed E-state index contributed by atoms with van der Waals surface area (Å²) in [4.78, 5) is 0. The van der Waals surface area contributed by atoms with Crippen molar-refractivity contribution < 1.29 is 66.8 Å². The van der Waals surface area contributed by atoms with Gasteiger partial charge in [0, 0.05) is 0 Å². The van der Waals surface area contributed by atoms with Crippen molar-refractivity contribution in [2.75, 3.05) is 78.5 Å². The van der Waals surface area contributed by atoms with Gasteiger partial charge in [-0.05, 0) is 77.0 Å². The zero-order valence-electron chi connectivity index (χ0n) is 39.9. The molecular weight excluding hydrogens is 861 g/mol. The van der Waals surface area contributed by atoms with Gasteiger partial charge in [0.1, 0.15) is 0 Å². The van der Waals surface area contributed by atoms with E-state index >= 15 is 0 Å². The van der Waals surface area contributed by atoms with Crippen LogP contribution in [0.5, 0.6) is 0 Å². The molecule has 0 aliphatic carbocycles. The molecule has 3 nitrogen and oxygen atoms in total. The van der Waals surface area contributed by atoms with Crippen LogP contribution in [0, 0.1) is 0 Å². The summed E-state index contributed by atoms with van der Waals surface area (Å²) in [6, 6.07) is 0. The van der Waals surface area contributed by atoms with Crippen LogP contribution in [0.1, 0.15) is 237 Å². The predicted molar refractivity (Wildman–Crippen MR) is 238 cm³/mol. The molecule has 0 bridgehead atoms. The molecule has 6 heteroatoms. The number of unbranched alkanes of at least 4 members (excludes halogenated alkanes) is 12. The standard InChI is InChI=1S/3C16H36N.BrH.ClH.HI/c3*1-5-9-13-17(14-10-6-2,15-11-7-3)16-12-8-4;;;/h3*5-16H2,1-4H3;3*1H/q3*+1;;;/p-3. The lowest BCUT2D eigenvalue weighted by Crippen LogP contribution is -3.00. The molecule has 0 fully saturated rings. The highest BCUT2D eigenvalue weighted by molar-refractivity contribution is 4.52. The number of rotatable bonds is 36. The Morgan fingerprint density at radius 3 is 0.333 bits per heavy atom. The molecular formula is C48H108BrClIN3. The first-order valence-electron chi connectivity index (χ1n) is 24.3. The molecule has 0 aromatic rings. The molecule has 0 aliphatic heterocycles. The topological polar surface area (TPSA) is 0 Å². The van der Waals surface area contributed by atoms with Crippen LogP contribution in [0.4, 0.5) is 0 Å². The van der Waals surface area contributed by atoms with Crippen LogP contribution < -0.4 is 53.4 Å². The van der Waals surface area contributed by atoms with Crippen molar-refractivity contribution in [3.05, 3.63) is 0 Å². The number of hydrogen-bond donors (Lipinski definition) is 0. The summed E-state index contributed by atoms with van der Waals surface area (Å²) in [5.41, 5.74) is 0. The Balaban J connectivity index is -0.000000156. The van der Waals surface area contributed by atoms with Gasteiger partial charge in [0.25, 0.3) is 0 Å². The third kappa shape index (κ3) is 38.9. The minimum absolute atomic E-state index is 0. The second-order valence-corrected chi connectivity index (χ2v) is 17.0. The Morgan fingerprint density at radius 2 is 0.278 bits per heavy atom. The Morgan fingerprint density at radius 1 is 0.204 bits per heavy atom. The van der Waals surface area contributed by atoms with Gasteiger partial charge in [0.15, 0.2) is 0 Å². The van der Waals surface area contributed by atoms with Gasteiger partial charge >= 0.3 is 0 Å². The minimum atomic E-state index is 0. The van der Waals surface area contributed by atoms with E-state index in [1.54, 1.807) is 0 Å². The Kier molecular flexibility index (Phi) is 62.8. The molecule has 336 valence electrons. The van der Waals surface area contributed by atoms with E-state index in [0.29, 0.717) is 0 Å². The molecule has 0 heterocycles. The van der Waals surface area contributed by atoms with Crippen molar-refractivity contribution in [3.8, 4) is 0 Å². The largest absolute Gasteiger partial charge is 1.00 e. The molecule has 0 saturated heterocycles. The van der Waals surface area contributed by atoms with E-state index in [1.807, 2.05) is 0 Å². The zero-order valence-corrected chi connectivity index (χ0v) is 44.4. The predicted octanol–water partition coefficient (Wildman–Crippen LogP) is 6.02. The highest BCUT2D eigenvalue weighted by Gasteiger charge is 2.26. The molecule has 0 aliphatic rings. The van der Waals surface area contributed by atoms with Crippen molar-refractivity contribution in [2.24, 2.45) is 0 Å². The van der Waals surface area contributed by atoms with Crippen molar-refractivity contribution in [1.29, 1.82) is 0 Å². The van der Waals surface area contributed by atoms with Crippen molar-refractivity contribution in [3.63, 3.8) is 0 Å². The summed E-state index contributed by atoms with van der Waals surface area (Å²) in [7, 11) is 0. The molecule has 0 aromatic heterocycles. The van der Waals surface area contributed by atoms with E-state index in [4.69, 9.17) is 0 Å². The average molecular weight is 970 g/mol. The van der Waals surface area contributed by atoms with Crippen LogP contribution in [0.2, 0.25) is 0 Å². The van der Waals surface area contributed by atoms with Crippen LogP contribution in [-0.2, 0) is 0 Å². The fourth-order valence-electron chi connectivity index (χ4n) is 7.93. The molecule has 0 amide bonds. The third-order valence-corrected chi connectivity index (χ3v) is 11.8. The molecule has 0 radical (unpaired) electrons. The van der Waals surface area contributed by atoms with Crippen LogP contribution in [0.3, 0.4) is 0 Å². The molecule has 0 N–H and O–H groups in total. The zero-order chi connectivity index (χ0) is 39.0. The van der Waals surface area contributed by atoms with Crippen LogP contribution in [-0.4, -0.2) is 92.0 Å². The van der Waals surface area contributed by atoms with Gasteiger partial charge in [-0.15, -0.1) is 0 Å². The minimum Gasteiger partial charge on any atom is -1.00 e. The van der Waals surface area contributed by atoms with Crippen molar-refractivity contribution in [1.82, 2.24) is 0 Å². The second-order valence-electron chi connectivity index (χ2n) is 17.0. The lowest BCUT2D eigenvalue weighted by molar-refractivity contribution is -0.929. The average Bonchev–Trinajstić information content (AvgIpc) is 3.16. The summed E-state index contributed by atoms with van der Waals surface area (Å²) in [6.07, 6.45) is 33.2. The van der Waals surface area contributed by atoms with E-state index in [2.05, 4.69) is 83.1 Å². The lowest BCUT2D eigenvalue weighted by Gasteiger charge is -2.39. The van der Waals surface area contributed by atoms with E-state index in [0.717, 1.165) is 0 Å². The Hall–Kier alpha value is 1.38. The van der Waals surface area contributed by atoms with E-state index in [-0.39, 0.29) is 53.4 Å². The number of quaternary nitrogens is 3. The summed E-state index contributed by atoms with van der Waals surface area (Å²) in [6.45, 7) is 45.1. The molecule has 54 heavy (non-hydrogen) atoms. The number of halogens is 3. The maximum absolute atomic E-state index is 2.33. The first-order chi connectivity index (χ1) is 24.7. The van der Waals surface area contributed by atoms with E-state index in [9.17, 15) is 0 Å². The summed E-state index contributed by atoms with van der Waals surface area (Å²) >= 11 is 0. The highest BCUT2D eigenvalue weighted by Crippen LogP contribution is 2.19. The summed E-state index contributed by atoms with van der Waals surface area (Å²) in [5.74, 6) is 0. The fraction of sp³-hybridized carbons (Fsp3) is 1.00. The summed E-state index contributed by atoms with van der Waals surface area (Å²) in [5, 5.41) is 0. The number of hydrogen-bond acceptors (Lipinski definition) is 0. The van der Waals surface area contributed by atoms with Crippen molar-refractivity contribution >= 4 is 0 Å². The molecule has 0 spiro atoms. The Bertz CT molecular complexity index is 455. The van der Waals surface area contributed by atoms with Gasteiger partial charge in [-0.3, -0.25) is 0 Å². The maximum Gasteiger partial charge on any atom is 0.0786 e. The molecule has 0 unspecified atom stereocenters. The van der Waals surface area contributed by atoms with Gasteiger partial charge in [-0.2, -0.15) is 0 Å². The van der Waals surface area contributed by atoms with Gasteiger partial charge in [0.2, 0.25) is 0 Å².